The largest absolute Gasteiger partial charge is 0.482 e. The van der Waals surface area contributed by atoms with Crippen LogP contribution in [0.4, 0.5) is 4.39 Å². The van der Waals surface area contributed by atoms with Gasteiger partial charge in [-0.3, -0.25) is 0 Å². The van der Waals surface area contributed by atoms with Crippen LogP contribution in [0.2, 0.25) is 0 Å². The minimum Gasteiger partial charge on any atom is -0.482 e. The molecule has 6 rings (SSSR count). The summed E-state index contributed by atoms with van der Waals surface area (Å²) in [4.78, 5) is 16.3. The Kier molecular flexibility index (Phi) is 7.56. The Morgan fingerprint density at radius 1 is 0.700 bits per heavy atom. The summed E-state index contributed by atoms with van der Waals surface area (Å²) in [5, 5.41) is 2.28. The van der Waals surface area contributed by atoms with Crippen molar-refractivity contribution in [2.75, 3.05) is 6.61 Å². The molecule has 0 saturated heterocycles. The van der Waals surface area contributed by atoms with Crippen LogP contribution in [0, 0.1) is 5.82 Å². The van der Waals surface area contributed by atoms with Gasteiger partial charge in [-0.05, 0) is 97.1 Å². The van der Waals surface area contributed by atoms with Gasteiger partial charge in [-0.15, -0.1) is 0 Å². The van der Waals surface area contributed by atoms with Gasteiger partial charge in [-0.25, -0.2) is 9.18 Å². The third kappa shape index (κ3) is 5.47. The second kappa shape index (κ2) is 11.6. The zero-order valence-corrected chi connectivity index (χ0v) is 22.9. The molecule has 5 heteroatoms. The molecule has 0 spiro atoms. The first-order chi connectivity index (χ1) is 19.6. The Balaban J connectivity index is 1.17. The Morgan fingerprint density at radius 2 is 1.30 bits per heavy atom. The van der Waals surface area contributed by atoms with Gasteiger partial charge in [0.1, 0.15) is 17.2 Å². The van der Waals surface area contributed by atoms with Crippen molar-refractivity contribution < 1.29 is 18.7 Å². The Morgan fingerprint density at radius 3 is 2.02 bits per heavy atom. The number of hydrogen-bond donors (Lipinski definition) is 0. The van der Waals surface area contributed by atoms with Gasteiger partial charge in [-0.2, -0.15) is 0 Å². The number of halogens is 1. The first-order valence-corrected chi connectivity index (χ1v) is 14.8. The summed E-state index contributed by atoms with van der Waals surface area (Å²) in [6.45, 7) is -0.159. The summed E-state index contributed by atoms with van der Waals surface area (Å²) in [6.07, 6.45) is 3.67. The molecule has 0 radical (unpaired) electrons. The fourth-order valence-electron chi connectivity index (χ4n) is 5.59. The lowest BCUT2D eigenvalue weighted by atomic mass is 9.87. The van der Waals surface area contributed by atoms with Gasteiger partial charge in [0, 0.05) is 5.56 Å². The van der Waals surface area contributed by atoms with E-state index in [-0.39, 0.29) is 18.4 Å². The minimum atomic E-state index is -0.621. The maximum atomic E-state index is 13.6. The van der Waals surface area contributed by atoms with Crippen molar-refractivity contribution >= 4 is 27.6 Å². The predicted molar refractivity (Wildman–Crippen MR) is 157 cm³/mol. The molecule has 1 aliphatic carbocycles. The fraction of sp³-hybridized carbons (Fsp3) is 0.171. The van der Waals surface area contributed by atoms with Crippen LogP contribution in [0.15, 0.2) is 136 Å². The van der Waals surface area contributed by atoms with E-state index in [0.29, 0.717) is 5.75 Å². The van der Waals surface area contributed by atoms with Crippen LogP contribution in [-0.4, -0.2) is 12.6 Å². The highest BCUT2D eigenvalue weighted by molar-refractivity contribution is 7.97. The zero-order chi connectivity index (χ0) is 27.4. The number of benzene rings is 5. The van der Waals surface area contributed by atoms with Gasteiger partial charge >= 0.3 is 5.97 Å². The van der Waals surface area contributed by atoms with E-state index in [1.807, 2.05) is 72.8 Å². The van der Waals surface area contributed by atoms with E-state index in [4.69, 9.17) is 9.47 Å². The molecule has 0 N–H and O–H groups in total. The van der Waals surface area contributed by atoms with Crippen molar-refractivity contribution in [3.05, 3.63) is 133 Å². The van der Waals surface area contributed by atoms with Crippen LogP contribution in [0.5, 0.6) is 5.75 Å². The molecule has 200 valence electrons. The van der Waals surface area contributed by atoms with Crippen LogP contribution >= 0.6 is 0 Å². The SMILES string of the molecule is O=C(COc1ccc([S+](c2ccccc2)c2ccc(F)cc2)cc1)OC1(c2cccc3ccccc23)CCCC1. The van der Waals surface area contributed by atoms with Gasteiger partial charge in [0.15, 0.2) is 21.3 Å². The van der Waals surface area contributed by atoms with E-state index in [1.54, 1.807) is 0 Å². The van der Waals surface area contributed by atoms with E-state index in [9.17, 15) is 9.18 Å². The molecular formula is C35H30FO3S+. The first kappa shape index (κ1) is 26.1. The average molecular weight is 550 g/mol. The maximum Gasteiger partial charge on any atom is 0.345 e. The van der Waals surface area contributed by atoms with Crippen molar-refractivity contribution in [1.82, 2.24) is 0 Å². The maximum absolute atomic E-state index is 13.6. The minimum absolute atomic E-state index is 0.159. The Bertz CT molecular complexity index is 1590. The summed E-state index contributed by atoms with van der Waals surface area (Å²) in [6, 6.07) is 39.1. The summed E-state index contributed by atoms with van der Waals surface area (Å²) < 4.78 is 25.7. The molecule has 1 atom stereocenters. The molecule has 0 aromatic heterocycles. The number of hydrogen-bond acceptors (Lipinski definition) is 3. The number of carbonyl (C=O) groups is 1. The number of rotatable bonds is 8. The summed E-state index contributed by atoms with van der Waals surface area (Å²) in [7, 11) is -0.400. The van der Waals surface area contributed by atoms with E-state index in [2.05, 4.69) is 36.4 Å². The standard InChI is InChI=1S/C35H30FO3S/c36-27-15-19-30(20-16-27)40(29-11-2-1-3-12-29)31-21-17-28(18-22-31)38-25-34(37)39-35(23-6-7-24-35)33-14-8-10-26-9-4-5-13-32(26)33/h1-5,8-22H,6-7,23-25H2/q+1. The molecule has 40 heavy (non-hydrogen) atoms. The van der Waals surface area contributed by atoms with E-state index in [1.165, 1.54) is 12.1 Å². The molecule has 5 aromatic carbocycles. The summed E-state index contributed by atoms with van der Waals surface area (Å²) in [5.41, 5.74) is 0.458. The molecule has 3 nitrogen and oxygen atoms in total. The second-order valence-corrected chi connectivity index (χ2v) is 12.1. The highest BCUT2D eigenvalue weighted by Gasteiger charge is 2.40. The summed E-state index contributed by atoms with van der Waals surface area (Å²) >= 11 is 0. The lowest BCUT2D eigenvalue weighted by molar-refractivity contribution is -0.163. The van der Waals surface area contributed by atoms with E-state index in [0.717, 1.165) is 56.7 Å². The third-order valence-corrected chi connectivity index (χ3v) is 9.68. The normalized spacial score (nSPS) is 15.0. The Labute approximate surface area is 236 Å². The molecule has 5 aromatic rings. The average Bonchev–Trinajstić information content (AvgIpc) is 3.47. The van der Waals surface area contributed by atoms with E-state index < -0.39 is 16.5 Å². The lowest BCUT2D eigenvalue weighted by Crippen LogP contribution is -2.32. The van der Waals surface area contributed by atoms with Crippen molar-refractivity contribution in [2.45, 2.75) is 46.0 Å². The predicted octanol–water partition coefficient (Wildman–Crippen LogP) is 8.47. The van der Waals surface area contributed by atoms with Crippen LogP contribution in [0.3, 0.4) is 0 Å². The van der Waals surface area contributed by atoms with Crippen molar-refractivity contribution in [3.8, 4) is 5.75 Å². The third-order valence-electron chi connectivity index (χ3n) is 7.45. The topological polar surface area (TPSA) is 35.5 Å². The number of esters is 1. The molecule has 0 bridgehead atoms. The molecule has 1 aliphatic rings. The van der Waals surface area contributed by atoms with Crippen LogP contribution in [-0.2, 0) is 26.0 Å². The highest BCUT2D eigenvalue weighted by atomic mass is 32.2. The molecule has 1 fully saturated rings. The number of ether oxygens (including phenoxy) is 2. The molecule has 1 saturated carbocycles. The van der Waals surface area contributed by atoms with Gasteiger partial charge in [0.05, 0.1) is 10.9 Å². The van der Waals surface area contributed by atoms with Crippen molar-refractivity contribution in [3.63, 3.8) is 0 Å². The van der Waals surface area contributed by atoms with Gasteiger partial charge in [0.2, 0.25) is 0 Å². The van der Waals surface area contributed by atoms with Gasteiger partial charge < -0.3 is 9.47 Å². The molecule has 0 amide bonds. The van der Waals surface area contributed by atoms with Crippen molar-refractivity contribution in [1.29, 1.82) is 0 Å². The summed E-state index contributed by atoms with van der Waals surface area (Å²) in [5.74, 6) is -0.0212. The quantitative estimate of drug-likeness (QED) is 0.144. The van der Waals surface area contributed by atoms with Crippen LogP contribution in [0.25, 0.3) is 10.8 Å². The van der Waals surface area contributed by atoms with Gasteiger partial charge in [-0.1, -0.05) is 60.7 Å². The fourth-order valence-corrected chi connectivity index (χ4v) is 7.65. The van der Waals surface area contributed by atoms with Crippen LogP contribution < -0.4 is 4.74 Å². The molecule has 1 unspecified atom stereocenters. The molecule has 0 aliphatic heterocycles. The highest BCUT2D eigenvalue weighted by Crippen LogP contribution is 2.45. The monoisotopic (exact) mass is 549 g/mol. The zero-order valence-electron chi connectivity index (χ0n) is 22.1. The van der Waals surface area contributed by atoms with Crippen LogP contribution in [0.1, 0.15) is 31.2 Å². The lowest BCUT2D eigenvalue weighted by Gasteiger charge is -2.31. The van der Waals surface area contributed by atoms with E-state index >= 15 is 0 Å². The molecule has 0 heterocycles. The van der Waals surface area contributed by atoms with Crippen molar-refractivity contribution in [2.24, 2.45) is 0 Å². The number of carbonyl (C=O) groups excluding carboxylic acids is 1. The second-order valence-electron chi connectivity index (χ2n) is 10.0. The number of fused-ring (bicyclic) bond motifs is 1. The Hall–Kier alpha value is -4.09. The molecular weight excluding hydrogens is 519 g/mol. The first-order valence-electron chi connectivity index (χ1n) is 13.6. The smallest absolute Gasteiger partial charge is 0.345 e. The van der Waals surface area contributed by atoms with Gasteiger partial charge in [0.25, 0.3) is 0 Å².